The van der Waals surface area contributed by atoms with E-state index in [0.717, 1.165) is 11.4 Å². The first-order chi connectivity index (χ1) is 4.22. The van der Waals surface area contributed by atoms with Gasteiger partial charge in [-0.25, -0.2) is 0 Å². The molecule has 0 aromatic carbocycles. The van der Waals surface area contributed by atoms with Crippen LogP contribution in [0.1, 0.15) is 20.3 Å². The van der Waals surface area contributed by atoms with Crippen molar-refractivity contribution in [3.8, 4) is 0 Å². The fourth-order valence-electron chi connectivity index (χ4n) is 0.928. The molecule has 0 aromatic rings. The Labute approximate surface area is 63.5 Å². The summed E-state index contributed by atoms with van der Waals surface area (Å²) in [6.07, 6.45) is 1.31. The average Bonchev–Trinajstić information content (AvgIpc) is 1.82. The topological polar surface area (TPSA) is 12.0 Å². The summed E-state index contributed by atoms with van der Waals surface area (Å²) in [5, 5.41) is 3.50. The molecule has 0 rings (SSSR count). The van der Waals surface area contributed by atoms with Crippen LogP contribution in [-0.4, -0.2) is 26.0 Å². The SMILES string of the molecule is CCNC(CC)[As](C)C. The molecule has 56 valence electrons. The van der Waals surface area contributed by atoms with Gasteiger partial charge in [0, 0.05) is 0 Å². The van der Waals surface area contributed by atoms with Crippen molar-refractivity contribution in [1.29, 1.82) is 0 Å². The third-order valence-corrected chi connectivity index (χ3v) is 5.21. The number of hydrogen-bond acceptors (Lipinski definition) is 1. The van der Waals surface area contributed by atoms with Gasteiger partial charge in [-0.3, -0.25) is 0 Å². The zero-order valence-electron chi connectivity index (χ0n) is 6.94. The summed E-state index contributed by atoms with van der Waals surface area (Å²) in [5.41, 5.74) is 4.81. The number of hydrogen-bond donors (Lipinski definition) is 1. The van der Waals surface area contributed by atoms with Crippen LogP contribution in [0.5, 0.6) is 0 Å². The summed E-state index contributed by atoms with van der Waals surface area (Å²) in [4.78, 5) is 0.863. The fraction of sp³-hybridized carbons (Fsp3) is 1.00. The van der Waals surface area contributed by atoms with E-state index in [2.05, 4.69) is 30.6 Å². The molecule has 0 aliphatic heterocycles. The minimum absolute atomic E-state index is 0.474. The van der Waals surface area contributed by atoms with Crippen LogP contribution in [0.25, 0.3) is 0 Å². The second-order valence-corrected chi connectivity index (χ2v) is 7.80. The standard InChI is InChI=1S/C7H18AsN/c1-5-7(8(3)4)9-6-2/h7,9H,5-6H2,1-4H3. The molecule has 0 aliphatic rings. The summed E-state index contributed by atoms with van der Waals surface area (Å²) in [7, 11) is 0. The molecule has 2 heteroatoms. The maximum absolute atomic E-state index is 3.50. The molecule has 1 nitrogen and oxygen atoms in total. The second kappa shape index (κ2) is 5.31. The summed E-state index contributed by atoms with van der Waals surface area (Å²) >= 11 is -0.474. The van der Waals surface area contributed by atoms with E-state index in [0.29, 0.717) is 0 Å². The molecule has 0 heterocycles. The summed E-state index contributed by atoms with van der Waals surface area (Å²) < 4.78 is 0. The van der Waals surface area contributed by atoms with Gasteiger partial charge in [-0.1, -0.05) is 0 Å². The van der Waals surface area contributed by atoms with Crippen LogP contribution in [0, 0.1) is 0 Å². The average molecular weight is 191 g/mol. The van der Waals surface area contributed by atoms with Crippen LogP contribution in [-0.2, 0) is 0 Å². The summed E-state index contributed by atoms with van der Waals surface area (Å²) in [5.74, 6) is 0. The minimum atomic E-state index is -0.474. The molecule has 1 unspecified atom stereocenters. The Hall–Kier alpha value is 0.518. The second-order valence-electron chi connectivity index (χ2n) is 2.45. The van der Waals surface area contributed by atoms with E-state index < -0.39 is 14.7 Å². The van der Waals surface area contributed by atoms with E-state index >= 15 is 0 Å². The van der Waals surface area contributed by atoms with Gasteiger partial charge < -0.3 is 0 Å². The van der Waals surface area contributed by atoms with Crippen LogP contribution in [0.4, 0.5) is 0 Å². The van der Waals surface area contributed by atoms with Gasteiger partial charge in [0.1, 0.15) is 0 Å². The number of rotatable bonds is 4. The van der Waals surface area contributed by atoms with Crippen LogP contribution in [0.3, 0.4) is 0 Å². The Morgan fingerprint density at radius 3 is 2.00 bits per heavy atom. The van der Waals surface area contributed by atoms with Crippen molar-refractivity contribution in [1.82, 2.24) is 5.32 Å². The van der Waals surface area contributed by atoms with E-state index in [1.54, 1.807) is 0 Å². The molecule has 0 saturated carbocycles. The van der Waals surface area contributed by atoms with E-state index in [1.165, 1.54) is 6.42 Å². The molecule has 1 N–H and O–H groups in total. The van der Waals surface area contributed by atoms with Crippen molar-refractivity contribution in [3.05, 3.63) is 0 Å². The first-order valence-corrected chi connectivity index (χ1v) is 8.45. The molecular formula is C7H18AsN. The zero-order chi connectivity index (χ0) is 7.28. The van der Waals surface area contributed by atoms with E-state index in [-0.39, 0.29) is 0 Å². The van der Waals surface area contributed by atoms with Gasteiger partial charge in [-0.15, -0.1) is 0 Å². The Kier molecular flexibility index (Phi) is 5.62. The predicted octanol–water partition coefficient (Wildman–Crippen LogP) is 1.67. The molecule has 0 radical (unpaired) electrons. The van der Waals surface area contributed by atoms with Gasteiger partial charge in [0.15, 0.2) is 0 Å². The molecule has 0 fully saturated rings. The van der Waals surface area contributed by atoms with Crippen molar-refractivity contribution < 1.29 is 0 Å². The van der Waals surface area contributed by atoms with Crippen LogP contribution < -0.4 is 5.32 Å². The van der Waals surface area contributed by atoms with E-state index in [4.69, 9.17) is 0 Å². The van der Waals surface area contributed by atoms with Gasteiger partial charge in [-0.2, -0.15) is 0 Å². The normalized spacial score (nSPS) is 14.3. The Morgan fingerprint density at radius 2 is 1.89 bits per heavy atom. The van der Waals surface area contributed by atoms with Crippen LogP contribution in [0.2, 0.25) is 11.4 Å². The third-order valence-electron chi connectivity index (χ3n) is 1.45. The van der Waals surface area contributed by atoms with Crippen molar-refractivity contribution >= 4 is 14.7 Å². The summed E-state index contributed by atoms with van der Waals surface area (Å²) in [6.45, 7) is 5.58. The molecule has 0 saturated heterocycles. The third kappa shape index (κ3) is 3.99. The van der Waals surface area contributed by atoms with E-state index in [9.17, 15) is 0 Å². The van der Waals surface area contributed by atoms with Gasteiger partial charge >= 0.3 is 63.0 Å². The van der Waals surface area contributed by atoms with Crippen molar-refractivity contribution in [2.24, 2.45) is 0 Å². The van der Waals surface area contributed by atoms with Crippen molar-refractivity contribution in [3.63, 3.8) is 0 Å². The molecule has 0 aliphatic carbocycles. The molecule has 1 atom stereocenters. The van der Waals surface area contributed by atoms with Gasteiger partial charge in [-0.05, 0) is 0 Å². The van der Waals surface area contributed by atoms with Gasteiger partial charge in [0.25, 0.3) is 0 Å². The van der Waals surface area contributed by atoms with Crippen molar-refractivity contribution in [2.75, 3.05) is 6.54 Å². The maximum atomic E-state index is 3.50. The van der Waals surface area contributed by atoms with Crippen LogP contribution in [0.15, 0.2) is 0 Å². The monoisotopic (exact) mass is 191 g/mol. The van der Waals surface area contributed by atoms with Gasteiger partial charge in [0.2, 0.25) is 0 Å². The number of nitrogens with one attached hydrogen (secondary N) is 1. The molecular weight excluding hydrogens is 173 g/mol. The molecule has 9 heavy (non-hydrogen) atoms. The Morgan fingerprint density at radius 1 is 1.33 bits per heavy atom. The molecule has 0 aromatic heterocycles. The van der Waals surface area contributed by atoms with Crippen molar-refractivity contribution in [2.45, 2.75) is 36.5 Å². The van der Waals surface area contributed by atoms with Gasteiger partial charge in [0.05, 0.1) is 0 Å². The first kappa shape index (κ1) is 9.52. The fourth-order valence-corrected chi connectivity index (χ4v) is 3.61. The Bertz CT molecular complexity index is 63.9. The molecule has 0 bridgehead atoms. The quantitative estimate of drug-likeness (QED) is 0.666. The Balaban J connectivity index is 3.41. The first-order valence-electron chi connectivity index (χ1n) is 3.62. The predicted molar refractivity (Wildman–Crippen MR) is 45.2 cm³/mol. The summed E-state index contributed by atoms with van der Waals surface area (Å²) in [6, 6.07) is 0. The van der Waals surface area contributed by atoms with Crippen LogP contribution >= 0.6 is 0 Å². The molecule has 0 amide bonds. The zero-order valence-corrected chi connectivity index (χ0v) is 8.82. The van der Waals surface area contributed by atoms with E-state index in [1.807, 2.05) is 0 Å². The molecule has 0 spiro atoms.